The number of pyridine rings is 1. The van der Waals surface area contributed by atoms with E-state index in [4.69, 9.17) is 0 Å². The fourth-order valence-corrected chi connectivity index (χ4v) is 2.15. The van der Waals surface area contributed by atoms with Crippen molar-refractivity contribution in [3.05, 3.63) is 60.2 Å². The van der Waals surface area contributed by atoms with Gasteiger partial charge in [0, 0.05) is 17.0 Å². The quantitative estimate of drug-likeness (QED) is 0.648. The SMILES string of the molecule is I.O=C(O)c1cc(-c2ccccc2)nc2cc(O)ccc12. The first-order chi connectivity index (χ1) is 9.65. The maximum atomic E-state index is 11.4. The zero-order valence-electron chi connectivity index (χ0n) is 10.9. The zero-order valence-corrected chi connectivity index (χ0v) is 13.2. The average Bonchev–Trinajstić information content (AvgIpc) is 2.46. The maximum Gasteiger partial charge on any atom is 0.336 e. The molecular weight excluding hydrogens is 381 g/mol. The lowest BCUT2D eigenvalue weighted by Gasteiger charge is -2.07. The second-order valence-electron chi connectivity index (χ2n) is 4.43. The number of carbonyl (C=O) groups is 1. The Bertz CT molecular complexity index is 803. The third-order valence-corrected chi connectivity index (χ3v) is 3.09. The summed E-state index contributed by atoms with van der Waals surface area (Å²) in [6.07, 6.45) is 0. The summed E-state index contributed by atoms with van der Waals surface area (Å²) in [5, 5.41) is 19.4. The second kappa shape index (κ2) is 6.09. The fourth-order valence-electron chi connectivity index (χ4n) is 2.15. The minimum absolute atomic E-state index is 0. The fraction of sp³-hybridized carbons (Fsp3) is 0. The Morgan fingerprint density at radius 1 is 1.00 bits per heavy atom. The van der Waals surface area contributed by atoms with Crippen molar-refractivity contribution >= 4 is 40.8 Å². The first-order valence-electron chi connectivity index (χ1n) is 6.07. The molecule has 1 heterocycles. The van der Waals surface area contributed by atoms with Crippen LogP contribution in [0.5, 0.6) is 5.75 Å². The van der Waals surface area contributed by atoms with E-state index in [0.717, 1.165) is 5.56 Å². The monoisotopic (exact) mass is 393 g/mol. The molecule has 0 saturated heterocycles. The summed E-state index contributed by atoms with van der Waals surface area (Å²) in [4.78, 5) is 15.8. The summed E-state index contributed by atoms with van der Waals surface area (Å²) in [5.74, 6) is -0.952. The summed E-state index contributed by atoms with van der Waals surface area (Å²) in [6, 6.07) is 15.4. The summed E-state index contributed by atoms with van der Waals surface area (Å²) >= 11 is 0. The van der Waals surface area contributed by atoms with Crippen molar-refractivity contribution in [2.45, 2.75) is 0 Å². The van der Waals surface area contributed by atoms with Crippen molar-refractivity contribution in [3.8, 4) is 17.0 Å². The third kappa shape index (κ3) is 2.97. The van der Waals surface area contributed by atoms with E-state index in [-0.39, 0.29) is 35.3 Å². The van der Waals surface area contributed by atoms with Crippen LogP contribution in [0.25, 0.3) is 22.2 Å². The van der Waals surface area contributed by atoms with Crippen LogP contribution < -0.4 is 0 Å². The number of rotatable bonds is 2. The molecule has 5 heteroatoms. The molecule has 0 fully saturated rings. The number of hydrogen-bond donors (Lipinski definition) is 2. The van der Waals surface area contributed by atoms with Crippen LogP contribution in [0.1, 0.15) is 10.4 Å². The van der Waals surface area contributed by atoms with Gasteiger partial charge in [0.25, 0.3) is 0 Å². The summed E-state index contributed by atoms with van der Waals surface area (Å²) < 4.78 is 0. The summed E-state index contributed by atoms with van der Waals surface area (Å²) in [5.41, 5.74) is 2.04. The molecule has 1 aromatic heterocycles. The Morgan fingerprint density at radius 3 is 2.38 bits per heavy atom. The number of carboxylic acids is 1. The lowest BCUT2D eigenvalue weighted by molar-refractivity contribution is 0.0699. The van der Waals surface area contributed by atoms with Crippen LogP contribution in [0.4, 0.5) is 0 Å². The van der Waals surface area contributed by atoms with Gasteiger partial charge in [0.2, 0.25) is 0 Å². The predicted molar refractivity (Wildman–Crippen MR) is 91.2 cm³/mol. The molecule has 2 aromatic carbocycles. The van der Waals surface area contributed by atoms with Crippen molar-refractivity contribution in [2.24, 2.45) is 0 Å². The summed E-state index contributed by atoms with van der Waals surface area (Å²) in [7, 11) is 0. The molecule has 0 amide bonds. The molecule has 0 atom stereocenters. The van der Waals surface area contributed by atoms with Gasteiger partial charge in [-0.15, -0.1) is 24.0 Å². The Hall–Kier alpha value is -2.15. The lowest BCUT2D eigenvalue weighted by Crippen LogP contribution is -2.00. The molecule has 0 unspecified atom stereocenters. The summed E-state index contributed by atoms with van der Waals surface area (Å²) in [6.45, 7) is 0. The third-order valence-electron chi connectivity index (χ3n) is 3.09. The molecule has 21 heavy (non-hydrogen) atoms. The first kappa shape index (κ1) is 15.2. The normalized spacial score (nSPS) is 10.1. The van der Waals surface area contributed by atoms with Crippen molar-refractivity contribution in [2.75, 3.05) is 0 Å². The molecule has 3 aromatic rings. The van der Waals surface area contributed by atoms with Crippen molar-refractivity contribution in [3.63, 3.8) is 0 Å². The highest BCUT2D eigenvalue weighted by molar-refractivity contribution is 14.0. The van der Waals surface area contributed by atoms with Crippen LogP contribution in [-0.4, -0.2) is 21.2 Å². The van der Waals surface area contributed by atoms with E-state index in [1.54, 1.807) is 12.1 Å². The predicted octanol–water partition coefficient (Wildman–Crippen LogP) is 3.92. The smallest absolute Gasteiger partial charge is 0.336 e. The van der Waals surface area contributed by atoms with Gasteiger partial charge in [-0.3, -0.25) is 0 Å². The number of fused-ring (bicyclic) bond motifs is 1. The van der Waals surface area contributed by atoms with E-state index >= 15 is 0 Å². The molecule has 2 N–H and O–H groups in total. The average molecular weight is 393 g/mol. The lowest BCUT2D eigenvalue weighted by atomic mass is 10.0. The van der Waals surface area contributed by atoms with E-state index in [1.165, 1.54) is 12.1 Å². The van der Waals surface area contributed by atoms with Gasteiger partial charge in [0.15, 0.2) is 0 Å². The van der Waals surface area contributed by atoms with Gasteiger partial charge in [-0.25, -0.2) is 9.78 Å². The molecule has 0 aliphatic rings. The van der Waals surface area contributed by atoms with Gasteiger partial charge in [-0.1, -0.05) is 30.3 Å². The van der Waals surface area contributed by atoms with Crippen LogP contribution in [0.3, 0.4) is 0 Å². The highest BCUT2D eigenvalue weighted by atomic mass is 127. The highest BCUT2D eigenvalue weighted by Crippen LogP contribution is 2.27. The van der Waals surface area contributed by atoms with Gasteiger partial charge in [-0.2, -0.15) is 0 Å². The van der Waals surface area contributed by atoms with Crippen LogP contribution in [-0.2, 0) is 0 Å². The Kier molecular flexibility index (Phi) is 4.42. The van der Waals surface area contributed by atoms with E-state index in [9.17, 15) is 15.0 Å². The number of hydrogen-bond acceptors (Lipinski definition) is 3. The molecule has 0 saturated carbocycles. The molecule has 4 nitrogen and oxygen atoms in total. The maximum absolute atomic E-state index is 11.4. The molecular formula is C16H12INO3. The van der Waals surface area contributed by atoms with E-state index in [1.807, 2.05) is 30.3 Å². The topological polar surface area (TPSA) is 70.4 Å². The number of benzene rings is 2. The molecule has 0 bridgehead atoms. The number of aromatic hydroxyl groups is 1. The largest absolute Gasteiger partial charge is 0.508 e. The number of phenols is 1. The van der Waals surface area contributed by atoms with E-state index < -0.39 is 5.97 Å². The van der Waals surface area contributed by atoms with Gasteiger partial charge in [0.1, 0.15) is 5.75 Å². The Morgan fingerprint density at radius 2 is 1.71 bits per heavy atom. The molecule has 106 valence electrons. The number of halogens is 1. The van der Waals surface area contributed by atoms with Gasteiger partial charge in [-0.05, 0) is 18.2 Å². The zero-order chi connectivity index (χ0) is 14.1. The van der Waals surface area contributed by atoms with Crippen molar-refractivity contribution in [1.82, 2.24) is 4.98 Å². The van der Waals surface area contributed by atoms with Crippen LogP contribution in [0.2, 0.25) is 0 Å². The molecule has 0 aliphatic heterocycles. The second-order valence-corrected chi connectivity index (χ2v) is 4.43. The molecule has 3 rings (SSSR count). The highest BCUT2D eigenvalue weighted by Gasteiger charge is 2.13. The standard InChI is InChI=1S/C16H11NO3.HI/c18-11-6-7-12-13(16(19)20)9-14(17-15(12)8-11)10-4-2-1-3-5-10;/h1-9,18H,(H,19,20);1H. The molecule has 0 radical (unpaired) electrons. The minimum atomic E-state index is -1.01. The van der Waals surface area contributed by atoms with Crippen molar-refractivity contribution < 1.29 is 15.0 Å². The number of carboxylic acid groups (broad SMARTS) is 1. The Balaban J connectivity index is 0.00000161. The van der Waals surface area contributed by atoms with Crippen LogP contribution >= 0.6 is 24.0 Å². The molecule has 0 spiro atoms. The van der Waals surface area contributed by atoms with Crippen molar-refractivity contribution in [1.29, 1.82) is 0 Å². The van der Waals surface area contributed by atoms with Crippen LogP contribution in [0.15, 0.2) is 54.6 Å². The minimum Gasteiger partial charge on any atom is -0.508 e. The number of phenolic OH excluding ortho intramolecular Hbond substituents is 1. The first-order valence-corrected chi connectivity index (χ1v) is 6.07. The number of aromatic nitrogens is 1. The number of aromatic carboxylic acids is 1. The number of nitrogens with zero attached hydrogens (tertiary/aromatic N) is 1. The van der Waals surface area contributed by atoms with E-state index in [0.29, 0.717) is 16.6 Å². The van der Waals surface area contributed by atoms with E-state index in [2.05, 4.69) is 4.98 Å². The Labute approximate surface area is 138 Å². The van der Waals surface area contributed by atoms with Gasteiger partial charge < -0.3 is 10.2 Å². The molecule has 0 aliphatic carbocycles. The van der Waals surface area contributed by atoms with Gasteiger partial charge >= 0.3 is 5.97 Å². The van der Waals surface area contributed by atoms with Crippen LogP contribution in [0, 0.1) is 0 Å². The van der Waals surface area contributed by atoms with Gasteiger partial charge in [0.05, 0.1) is 16.8 Å².